The number of Topliss-reactive ketones (excluding diaryl/α,β-unsaturated/α-hetero) is 1. The van der Waals surface area contributed by atoms with Crippen LogP contribution in [0.15, 0.2) is 0 Å². The van der Waals surface area contributed by atoms with Crippen molar-refractivity contribution in [1.82, 2.24) is 0 Å². The van der Waals surface area contributed by atoms with Gasteiger partial charge in [-0.3, -0.25) is 4.79 Å². The van der Waals surface area contributed by atoms with Crippen molar-refractivity contribution in [2.75, 3.05) is 6.61 Å². The van der Waals surface area contributed by atoms with Gasteiger partial charge in [0.25, 0.3) is 0 Å². The Balaban J connectivity index is 1.30. The molecule has 4 heteroatoms. The summed E-state index contributed by atoms with van der Waals surface area (Å²) < 4.78 is 13.2. The zero-order valence-electron chi connectivity index (χ0n) is 19.9. The molecule has 1 N–H and O–H groups in total. The Hall–Kier alpha value is -0.450. The molecule has 0 aromatic rings. The number of carbonyl (C=O) groups excluding carboxylic acids is 1. The van der Waals surface area contributed by atoms with Gasteiger partial charge in [-0.05, 0) is 80.0 Å². The van der Waals surface area contributed by atoms with Gasteiger partial charge in [0.05, 0.1) is 18.8 Å². The van der Waals surface area contributed by atoms with E-state index in [1.54, 1.807) is 0 Å². The van der Waals surface area contributed by atoms with Gasteiger partial charge in [-0.1, -0.05) is 27.7 Å². The molecule has 2 heterocycles. The topological polar surface area (TPSA) is 55.8 Å². The second-order valence-corrected chi connectivity index (χ2v) is 13.0. The molecule has 31 heavy (non-hydrogen) atoms. The molecule has 6 aliphatic rings. The van der Waals surface area contributed by atoms with Crippen LogP contribution in [0, 0.1) is 52.3 Å². The Labute approximate surface area is 187 Å². The molecule has 2 aliphatic heterocycles. The van der Waals surface area contributed by atoms with Gasteiger partial charge >= 0.3 is 0 Å². The van der Waals surface area contributed by atoms with Gasteiger partial charge in [-0.2, -0.15) is 0 Å². The zero-order valence-corrected chi connectivity index (χ0v) is 19.9. The van der Waals surface area contributed by atoms with Crippen molar-refractivity contribution in [3.8, 4) is 0 Å². The van der Waals surface area contributed by atoms with Crippen LogP contribution in [0.25, 0.3) is 0 Å². The van der Waals surface area contributed by atoms with Crippen molar-refractivity contribution >= 4 is 5.78 Å². The van der Waals surface area contributed by atoms with Crippen LogP contribution in [0.5, 0.6) is 0 Å². The van der Waals surface area contributed by atoms with E-state index in [2.05, 4.69) is 27.7 Å². The van der Waals surface area contributed by atoms with Crippen molar-refractivity contribution < 1.29 is 19.4 Å². The average molecular weight is 431 g/mol. The lowest BCUT2D eigenvalue weighted by Crippen LogP contribution is -2.58. The quantitative estimate of drug-likeness (QED) is 0.589. The molecule has 12 atom stereocenters. The van der Waals surface area contributed by atoms with Crippen LogP contribution >= 0.6 is 0 Å². The van der Waals surface area contributed by atoms with Gasteiger partial charge < -0.3 is 14.6 Å². The number of ketones is 1. The van der Waals surface area contributed by atoms with E-state index < -0.39 is 5.79 Å². The Morgan fingerprint density at radius 1 is 1.00 bits per heavy atom. The molecule has 2 saturated heterocycles. The molecule has 0 bridgehead atoms. The van der Waals surface area contributed by atoms with E-state index in [0.29, 0.717) is 41.3 Å². The normalized spacial score (nSPS) is 60.9. The van der Waals surface area contributed by atoms with Crippen LogP contribution in [-0.2, 0) is 14.3 Å². The molecule has 6 fully saturated rings. The Morgan fingerprint density at radius 2 is 1.81 bits per heavy atom. The number of aliphatic hydroxyl groups is 1. The van der Waals surface area contributed by atoms with E-state index in [1.807, 2.05) is 0 Å². The molecule has 174 valence electrons. The van der Waals surface area contributed by atoms with Crippen molar-refractivity contribution in [1.29, 1.82) is 0 Å². The maximum atomic E-state index is 14.0. The SMILES string of the molecule is CC1CC[C@@]2(OC1)O[C@H]1C[C@H]3[C@@H]4CC[C@H]5C[C@@H](O)CC[C@]5(C)C4CC(=O)[C@]3(C)C1[C@@H]2C. The minimum atomic E-state index is -0.448. The fraction of sp³-hybridized carbons (Fsp3) is 0.963. The second-order valence-electron chi connectivity index (χ2n) is 13.0. The Morgan fingerprint density at radius 3 is 2.55 bits per heavy atom. The van der Waals surface area contributed by atoms with Crippen LogP contribution in [0.2, 0.25) is 0 Å². The summed E-state index contributed by atoms with van der Waals surface area (Å²) in [5, 5.41) is 10.3. The number of aliphatic hydroxyl groups excluding tert-OH is 1. The third kappa shape index (κ3) is 2.68. The lowest BCUT2D eigenvalue weighted by molar-refractivity contribution is -0.272. The van der Waals surface area contributed by atoms with Gasteiger partial charge in [0.1, 0.15) is 5.78 Å². The molecule has 4 nitrogen and oxygen atoms in total. The smallest absolute Gasteiger partial charge is 0.171 e. The standard InChI is InChI=1S/C27H42O4/c1-15-7-10-27(30-14-15)16(2)24-22(31-27)12-21-19-6-5-17-11-18(28)8-9-25(17,3)20(19)13-23(29)26(21,24)4/h15-22,24,28H,5-14H2,1-4H3/t15?,16-,17-,18-,19+,20?,21-,22-,24?,25-,26+,27+/m0/s1. The highest BCUT2D eigenvalue weighted by atomic mass is 16.7. The first-order valence-corrected chi connectivity index (χ1v) is 13.2. The molecule has 3 unspecified atom stereocenters. The van der Waals surface area contributed by atoms with E-state index >= 15 is 0 Å². The number of carbonyl (C=O) groups is 1. The molecule has 0 aromatic carbocycles. The predicted molar refractivity (Wildman–Crippen MR) is 118 cm³/mol. The second kappa shape index (κ2) is 6.79. The fourth-order valence-electron chi connectivity index (χ4n) is 9.93. The molecule has 0 aromatic heterocycles. The summed E-state index contributed by atoms with van der Waals surface area (Å²) in [7, 11) is 0. The van der Waals surface area contributed by atoms with Gasteiger partial charge in [-0.15, -0.1) is 0 Å². The van der Waals surface area contributed by atoms with Gasteiger partial charge in [-0.25, -0.2) is 0 Å². The van der Waals surface area contributed by atoms with E-state index in [1.165, 1.54) is 12.8 Å². The maximum Gasteiger partial charge on any atom is 0.171 e. The summed E-state index contributed by atoms with van der Waals surface area (Å²) in [5.41, 5.74) is -0.0221. The monoisotopic (exact) mass is 430 g/mol. The summed E-state index contributed by atoms with van der Waals surface area (Å²) in [4.78, 5) is 14.0. The van der Waals surface area contributed by atoms with Crippen LogP contribution in [-0.4, -0.2) is 35.5 Å². The van der Waals surface area contributed by atoms with E-state index in [-0.39, 0.29) is 29.0 Å². The Kier molecular flexibility index (Phi) is 4.62. The molecule has 0 radical (unpaired) electrons. The maximum absolute atomic E-state index is 14.0. The molecular formula is C27H42O4. The molecule has 4 aliphatic carbocycles. The van der Waals surface area contributed by atoms with Crippen LogP contribution < -0.4 is 0 Å². The van der Waals surface area contributed by atoms with Crippen LogP contribution in [0.3, 0.4) is 0 Å². The predicted octanol–water partition coefficient (Wildman–Crippen LogP) is 4.97. The fourth-order valence-corrected chi connectivity index (χ4v) is 9.93. The minimum absolute atomic E-state index is 0.131. The first kappa shape index (κ1) is 21.1. The molecule has 1 spiro atoms. The average Bonchev–Trinajstić information content (AvgIpc) is 3.18. The van der Waals surface area contributed by atoms with Gasteiger partial charge in [0.2, 0.25) is 0 Å². The summed E-state index contributed by atoms with van der Waals surface area (Å²) in [6.45, 7) is 10.1. The van der Waals surface area contributed by atoms with E-state index in [4.69, 9.17) is 9.47 Å². The molecule has 4 saturated carbocycles. The summed E-state index contributed by atoms with van der Waals surface area (Å²) in [6, 6.07) is 0. The molecule has 0 amide bonds. The van der Waals surface area contributed by atoms with Gasteiger partial charge in [0, 0.05) is 30.1 Å². The first-order valence-electron chi connectivity index (χ1n) is 13.2. The first-order chi connectivity index (χ1) is 14.7. The Bertz CT molecular complexity index is 756. The molecular weight excluding hydrogens is 388 g/mol. The summed E-state index contributed by atoms with van der Waals surface area (Å²) in [5.74, 6) is 3.45. The van der Waals surface area contributed by atoms with Crippen molar-refractivity contribution in [2.24, 2.45) is 52.3 Å². The van der Waals surface area contributed by atoms with Crippen LogP contribution in [0.1, 0.15) is 85.5 Å². The largest absolute Gasteiger partial charge is 0.393 e. The number of ether oxygens (including phenoxy) is 2. The van der Waals surface area contributed by atoms with Crippen molar-refractivity contribution in [3.05, 3.63) is 0 Å². The number of fused-ring (bicyclic) bond motifs is 7. The summed E-state index contributed by atoms with van der Waals surface area (Å²) >= 11 is 0. The lowest BCUT2D eigenvalue weighted by atomic mass is 9.44. The lowest BCUT2D eigenvalue weighted by Gasteiger charge is -2.60. The van der Waals surface area contributed by atoms with Crippen LogP contribution in [0.4, 0.5) is 0 Å². The highest BCUT2D eigenvalue weighted by Crippen LogP contribution is 2.70. The number of hydrogen-bond donors (Lipinski definition) is 1. The van der Waals surface area contributed by atoms with E-state index in [9.17, 15) is 9.90 Å². The third-order valence-electron chi connectivity index (χ3n) is 11.8. The number of rotatable bonds is 0. The van der Waals surface area contributed by atoms with Gasteiger partial charge in [0.15, 0.2) is 5.79 Å². The van der Waals surface area contributed by atoms with Crippen molar-refractivity contribution in [2.45, 2.75) is 103 Å². The summed E-state index contributed by atoms with van der Waals surface area (Å²) in [6.07, 6.45) is 9.39. The van der Waals surface area contributed by atoms with E-state index in [0.717, 1.165) is 51.6 Å². The molecule has 6 rings (SSSR count). The highest BCUT2D eigenvalue weighted by Gasteiger charge is 2.71. The number of hydrogen-bond acceptors (Lipinski definition) is 4. The van der Waals surface area contributed by atoms with Crippen molar-refractivity contribution in [3.63, 3.8) is 0 Å². The third-order valence-corrected chi connectivity index (χ3v) is 11.8. The highest BCUT2D eigenvalue weighted by molar-refractivity contribution is 5.87. The minimum Gasteiger partial charge on any atom is -0.393 e. The zero-order chi connectivity index (χ0) is 21.8.